The molecule has 0 amide bonds. The van der Waals surface area contributed by atoms with Gasteiger partial charge in [-0.1, -0.05) is 171 Å². The van der Waals surface area contributed by atoms with E-state index >= 15 is 0 Å². The lowest BCUT2D eigenvalue weighted by atomic mass is 10.6. The van der Waals surface area contributed by atoms with E-state index in [0.29, 0.717) is 0 Å². The summed E-state index contributed by atoms with van der Waals surface area (Å²) in [6.45, 7) is 4.13. The molecule has 8 rings (SSSR count). The van der Waals surface area contributed by atoms with E-state index in [2.05, 4.69) is 44.0 Å². The Morgan fingerprint density at radius 2 is 0.705 bits per heavy atom. The zero-order chi connectivity index (χ0) is 29.8. The minimum Gasteiger partial charge on any atom is -0.174 e. The van der Waals surface area contributed by atoms with Crippen molar-refractivity contribution in [2.75, 3.05) is 21.7 Å². The molecule has 0 nitrogen and oxygen atoms in total. The molecular formula is C24H14S20. The van der Waals surface area contributed by atoms with E-state index in [1.54, 1.807) is 0 Å². The predicted molar refractivity (Wildman–Crippen MR) is 249 cm³/mol. The highest BCUT2D eigenvalue weighted by atomic mass is 32.3. The number of hydrogen-bond donors (Lipinski definition) is 2. The first kappa shape index (κ1) is 35.4. The average molecular weight is 944 g/mol. The second-order valence-electron chi connectivity index (χ2n) is 8.20. The van der Waals surface area contributed by atoms with Crippen LogP contribution in [0, 0.1) is 0 Å². The molecule has 0 radical (unpaired) electrons. The molecule has 20 heteroatoms. The molecule has 0 saturated carbocycles. The number of thioether (sulfide) groups is 18. The first-order valence-corrected chi connectivity index (χ1v) is 28.7. The van der Waals surface area contributed by atoms with Crippen LogP contribution in [0.4, 0.5) is 0 Å². The highest BCUT2D eigenvalue weighted by molar-refractivity contribution is 8.51. The Kier molecular flexibility index (Phi) is 13.0. The van der Waals surface area contributed by atoms with E-state index in [1.807, 2.05) is 212 Å². The lowest BCUT2D eigenvalue weighted by Gasteiger charge is -2.09. The monoisotopic (exact) mass is 942 g/mol. The molecule has 44 heavy (non-hydrogen) atoms. The topological polar surface area (TPSA) is 0 Å². The van der Waals surface area contributed by atoms with E-state index in [0.717, 1.165) is 21.7 Å². The number of thiol groups is 2. The van der Waals surface area contributed by atoms with Gasteiger partial charge in [-0.05, 0) is 12.2 Å². The third kappa shape index (κ3) is 7.99. The van der Waals surface area contributed by atoms with E-state index in [9.17, 15) is 0 Å². The Balaban J connectivity index is 0.842. The molecule has 230 valence electrons. The van der Waals surface area contributed by atoms with Crippen molar-refractivity contribution in [1.29, 1.82) is 0 Å². The number of hydrogen-bond acceptors (Lipinski definition) is 20. The Hall–Kier alpha value is 4.40. The van der Waals surface area contributed by atoms with E-state index in [1.165, 1.54) is 73.4 Å². The van der Waals surface area contributed by atoms with Crippen molar-refractivity contribution >= 4 is 237 Å². The molecule has 0 aromatic rings. The third-order valence-corrected chi connectivity index (χ3v) is 32.3. The van der Waals surface area contributed by atoms with Crippen LogP contribution in [0.5, 0.6) is 0 Å². The van der Waals surface area contributed by atoms with Crippen LogP contribution < -0.4 is 0 Å². The third-order valence-electron chi connectivity index (χ3n) is 5.44. The molecule has 0 aliphatic carbocycles. The van der Waals surface area contributed by atoms with Crippen molar-refractivity contribution in [2.45, 2.75) is 0 Å². The van der Waals surface area contributed by atoms with Gasteiger partial charge in [0.1, 0.15) is 0 Å². The molecule has 8 heterocycles. The van der Waals surface area contributed by atoms with E-state index in [-0.39, 0.29) is 0 Å². The van der Waals surface area contributed by atoms with Crippen LogP contribution in [-0.2, 0) is 0 Å². The van der Waals surface area contributed by atoms with Gasteiger partial charge in [0.05, 0.1) is 59.3 Å². The average Bonchev–Trinajstić information content (AvgIpc) is 3.84. The standard InChI is InChI=1S/C24H14S20/c1-8-31-17-18(32-8)42-24(41-17)23-39-15-16(40-23)30-7-28-14-13(27-6-29-15)35-11(36-14)2-3-12-37-20-21(38-12)44-22(43-20)19-33-9(4-25)10(5-26)34-19/h2-3,25-26H,1,4-7H2. The van der Waals surface area contributed by atoms with Gasteiger partial charge < -0.3 is 0 Å². The summed E-state index contributed by atoms with van der Waals surface area (Å²) in [6.07, 6.45) is 4.68. The lowest BCUT2D eigenvalue weighted by Crippen LogP contribution is -1.80. The van der Waals surface area contributed by atoms with Crippen LogP contribution >= 0.6 is 237 Å². The van der Waals surface area contributed by atoms with Crippen LogP contribution in [0.25, 0.3) is 0 Å². The molecular weight excluding hydrogens is 930 g/mol. The summed E-state index contributed by atoms with van der Waals surface area (Å²) in [4.78, 5) is 2.72. The Morgan fingerprint density at radius 3 is 1.11 bits per heavy atom. The normalized spacial score (nSPS) is 25.9. The van der Waals surface area contributed by atoms with Crippen LogP contribution in [0.2, 0.25) is 0 Å². The molecule has 8 aliphatic heterocycles. The summed E-state index contributed by atoms with van der Waals surface area (Å²) in [6, 6.07) is 0. The van der Waals surface area contributed by atoms with Gasteiger partial charge in [-0.15, -0.1) is 47.0 Å². The second kappa shape index (κ2) is 16.2. The molecule has 0 aromatic heterocycles. The molecule has 0 bridgehead atoms. The van der Waals surface area contributed by atoms with Gasteiger partial charge in [-0.25, -0.2) is 0 Å². The summed E-state index contributed by atoms with van der Waals surface area (Å²) in [5.41, 5.74) is 0. The summed E-state index contributed by atoms with van der Waals surface area (Å²) < 4.78 is 21.4. The highest BCUT2D eigenvalue weighted by Crippen LogP contribution is 2.72. The first-order chi connectivity index (χ1) is 21.5. The largest absolute Gasteiger partial charge is 0.174 e. The Labute approximate surface area is 345 Å². The fourth-order valence-electron chi connectivity index (χ4n) is 3.62. The second-order valence-corrected chi connectivity index (χ2v) is 32.1. The van der Waals surface area contributed by atoms with Gasteiger partial charge in [0, 0.05) is 35.7 Å². The maximum absolute atomic E-state index is 4.52. The van der Waals surface area contributed by atoms with Crippen LogP contribution in [-0.4, -0.2) is 21.7 Å². The molecule has 0 unspecified atom stereocenters. The van der Waals surface area contributed by atoms with Crippen LogP contribution in [0.3, 0.4) is 0 Å². The zero-order valence-electron chi connectivity index (χ0n) is 21.4. The molecule has 0 atom stereocenters. The molecule has 0 fully saturated rings. The smallest absolute Gasteiger partial charge is 0.0718 e. The summed E-state index contributed by atoms with van der Waals surface area (Å²) in [5, 5.41) is 2.12. The van der Waals surface area contributed by atoms with Gasteiger partial charge in [0.15, 0.2) is 0 Å². The summed E-state index contributed by atoms with van der Waals surface area (Å²) in [5.74, 6) is 1.59. The zero-order valence-corrected chi connectivity index (χ0v) is 37.9. The van der Waals surface area contributed by atoms with Gasteiger partial charge >= 0.3 is 0 Å². The molecule has 0 aromatic carbocycles. The molecule has 0 saturated heterocycles. The summed E-state index contributed by atoms with van der Waals surface area (Å²) >= 11 is 44.1. The van der Waals surface area contributed by atoms with Crippen LogP contribution in [0.15, 0.2) is 92.1 Å². The quantitative estimate of drug-likeness (QED) is 0.258. The van der Waals surface area contributed by atoms with Gasteiger partial charge in [0.2, 0.25) is 0 Å². The first-order valence-electron chi connectivity index (χ1n) is 12.0. The van der Waals surface area contributed by atoms with Gasteiger partial charge in [-0.3, -0.25) is 0 Å². The van der Waals surface area contributed by atoms with Crippen LogP contribution in [0.1, 0.15) is 0 Å². The maximum Gasteiger partial charge on any atom is 0.0718 e. The van der Waals surface area contributed by atoms with Crippen molar-refractivity contribution in [1.82, 2.24) is 0 Å². The lowest BCUT2D eigenvalue weighted by molar-refractivity contribution is 1.61. The minimum atomic E-state index is 0.797. The predicted octanol–water partition coefficient (Wildman–Crippen LogP) is 16.2. The van der Waals surface area contributed by atoms with Crippen molar-refractivity contribution in [3.8, 4) is 0 Å². The van der Waals surface area contributed by atoms with Crippen molar-refractivity contribution < 1.29 is 0 Å². The van der Waals surface area contributed by atoms with Crippen molar-refractivity contribution in [3.05, 3.63) is 92.1 Å². The molecule has 0 N–H and O–H groups in total. The SMILES string of the molecule is C=C1SC2=C(S1)SC(=C1SC3=C(SCSC4=C(SCS3)SC(=CC=C3SC5=C(S3)SC(=C3SC(CS)=C(CS)S3)S5)S4)S1)S2. The van der Waals surface area contributed by atoms with Crippen molar-refractivity contribution in [3.63, 3.8) is 0 Å². The van der Waals surface area contributed by atoms with Crippen molar-refractivity contribution in [2.24, 2.45) is 0 Å². The molecule has 0 spiro atoms. The van der Waals surface area contributed by atoms with E-state index in [4.69, 9.17) is 0 Å². The minimum absolute atomic E-state index is 0.797. The fraction of sp³-hybridized carbons (Fsp3) is 0.167. The van der Waals surface area contributed by atoms with Gasteiger partial charge in [-0.2, -0.15) is 25.3 Å². The number of rotatable bonds is 3. The molecule has 8 aliphatic rings. The summed E-state index contributed by atoms with van der Waals surface area (Å²) in [7, 11) is 0. The van der Waals surface area contributed by atoms with Gasteiger partial charge in [0.25, 0.3) is 0 Å². The maximum atomic E-state index is 4.52. The van der Waals surface area contributed by atoms with E-state index < -0.39 is 0 Å². The fourth-order valence-corrected chi connectivity index (χ4v) is 32.4. The Morgan fingerprint density at radius 1 is 0.409 bits per heavy atom. The number of allylic oxidation sites excluding steroid dienone is 2. The highest BCUT2D eigenvalue weighted by Gasteiger charge is 2.36. The Bertz CT molecular complexity index is 1550.